The van der Waals surface area contributed by atoms with Gasteiger partial charge in [-0.3, -0.25) is 4.79 Å². The Morgan fingerprint density at radius 3 is 2.70 bits per heavy atom. The minimum atomic E-state index is -0.629. The average Bonchev–Trinajstić information content (AvgIpc) is 2.46. The molecule has 0 aromatic rings. The lowest BCUT2D eigenvalue weighted by atomic mass is 9.46. The smallest absolute Gasteiger partial charge is 0.309 e. The summed E-state index contributed by atoms with van der Waals surface area (Å²) in [5.41, 5.74) is 1.96. The number of carboxylic acid groups (broad SMARTS) is 1. The molecule has 0 aromatic carbocycles. The summed E-state index contributed by atoms with van der Waals surface area (Å²) in [7, 11) is 0. The fourth-order valence-corrected chi connectivity index (χ4v) is 5.37. The molecule has 0 spiro atoms. The van der Waals surface area contributed by atoms with E-state index in [-0.39, 0.29) is 17.9 Å². The van der Waals surface area contributed by atoms with Crippen LogP contribution in [0.2, 0.25) is 0 Å². The van der Waals surface area contributed by atoms with Gasteiger partial charge in [0.1, 0.15) is 0 Å². The molecule has 0 heterocycles. The topological polar surface area (TPSA) is 57.5 Å². The fourth-order valence-electron chi connectivity index (χ4n) is 5.37. The Labute approximate surface area is 140 Å². The maximum Gasteiger partial charge on any atom is 0.309 e. The van der Waals surface area contributed by atoms with Gasteiger partial charge in [0.15, 0.2) is 0 Å². The summed E-state index contributed by atoms with van der Waals surface area (Å²) in [4.78, 5) is 12.0. The summed E-state index contributed by atoms with van der Waals surface area (Å²) in [6.45, 7) is 10.7. The summed E-state index contributed by atoms with van der Waals surface area (Å²) in [5, 5.41) is 18.9. The maximum absolute atomic E-state index is 12.0. The quantitative estimate of drug-likeness (QED) is 0.730. The lowest BCUT2D eigenvalue weighted by molar-refractivity contribution is -0.164. The second-order valence-corrected chi connectivity index (χ2v) is 8.16. The van der Waals surface area contributed by atoms with Gasteiger partial charge in [-0.1, -0.05) is 37.1 Å². The zero-order valence-corrected chi connectivity index (χ0v) is 14.9. The van der Waals surface area contributed by atoms with E-state index in [9.17, 15) is 9.90 Å². The van der Waals surface area contributed by atoms with Crippen LogP contribution in [0.5, 0.6) is 0 Å². The highest BCUT2D eigenvalue weighted by Gasteiger charge is 2.57. The third kappa shape index (κ3) is 3.26. The molecule has 0 amide bonds. The van der Waals surface area contributed by atoms with E-state index in [0.717, 1.165) is 44.9 Å². The maximum atomic E-state index is 12.0. The highest BCUT2D eigenvalue weighted by atomic mass is 16.4. The molecule has 2 aliphatic rings. The first-order chi connectivity index (χ1) is 10.8. The second kappa shape index (κ2) is 6.80. The summed E-state index contributed by atoms with van der Waals surface area (Å²) in [5.74, 6) is -0.00260. The standard InChI is InChI=1S/C20H32O3/c1-14(10-13-21)6-8-16-15(2)7-9-17-19(16,3)11-5-12-20(17,4)18(22)23/h10,16-17,21H,2,5-9,11-13H2,1,3-4H3,(H,22,23)/b14-10+/t16-,17-,19+,20+/m0/s1. The van der Waals surface area contributed by atoms with Crippen LogP contribution in [0.25, 0.3) is 0 Å². The number of aliphatic hydroxyl groups is 1. The highest BCUT2D eigenvalue weighted by molar-refractivity contribution is 5.75. The Hall–Kier alpha value is -1.09. The molecule has 3 nitrogen and oxygen atoms in total. The zero-order chi connectivity index (χ0) is 17.3. The van der Waals surface area contributed by atoms with Crippen LogP contribution < -0.4 is 0 Å². The molecule has 0 bridgehead atoms. The number of rotatable bonds is 5. The molecular weight excluding hydrogens is 288 g/mol. The predicted octanol–water partition coefficient (Wildman–Crippen LogP) is 4.57. The number of hydrogen-bond acceptors (Lipinski definition) is 2. The van der Waals surface area contributed by atoms with E-state index in [4.69, 9.17) is 5.11 Å². The number of aliphatic hydroxyl groups excluding tert-OH is 1. The molecule has 0 aromatic heterocycles. The van der Waals surface area contributed by atoms with Crippen LogP contribution in [-0.2, 0) is 4.79 Å². The van der Waals surface area contributed by atoms with Gasteiger partial charge in [0.25, 0.3) is 0 Å². The number of carbonyl (C=O) groups is 1. The van der Waals surface area contributed by atoms with E-state index in [0.29, 0.717) is 5.92 Å². The molecule has 2 aliphatic carbocycles. The summed E-state index contributed by atoms with van der Waals surface area (Å²) in [6, 6.07) is 0. The molecule has 130 valence electrons. The van der Waals surface area contributed by atoms with Crippen LogP contribution in [-0.4, -0.2) is 22.8 Å². The SMILES string of the molecule is C=C1CC[C@H]2[C@](C)(CCC[C@@]2(C)C(=O)O)[C@H]1CC/C(C)=C/CO. The van der Waals surface area contributed by atoms with E-state index >= 15 is 0 Å². The predicted molar refractivity (Wildman–Crippen MR) is 93.1 cm³/mol. The van der Waals surface area contributed by atoms with E-state index in [1.54, 1.807) is 0 Å². The van der Waals surface area contributed by atoms with E-state index in [2.05, 4.69) is 20.4 Å². The molecule has 2 N–H and O–H groups in total. The van der Waals surface area contributed by atoms with Gasteiger partial charge in [-0.15, -0.1) is 0 Å². The summed E-state index contributed by atoms with van der Waals surface area (Å²) < 4.78 is 0. The Kier molecular flexibility index (Phi) is 5.40. The monoisotopic (exact) mass is 320 g/mol. The van der Waals surface area contributed by atoms with Crippen molar-refractivity contribution >= 4 is 5.97 Å². The molecule has 3 heteroatoms. The molecular formula is C20H32O3. The van der Waals surface area contributed by atoms with Crippen LogP contribution in [0.3, 0.4) is 0 Å². The number of allylic oxidation sites excluding steroid dienone is 2. The molecule has 0 radical (unpaired) electrons. The fraction of sp³-hybridized carbons (Fsp3) is 0.750. The van der Waals surface area contributed by atoms with E-state index in [1.165, 1.54) is 11.1 Å². The highest BCUT2D eigenvalue weighted by Crippen LogP contribution is 2.62. The number of hydrogen-bond donors (Lipinski definition) is 2. The Bertz CT molecular complexity index is 507. The zero-order valence-electron chi connectivity index (χ0n) is 14.9. The first-order valence-electron chi connectivity index (χ1n) is 8.93. The Balaban J connectivity index is 2.26. The normalized spacial score (nSPS) is 38.3. The lowest BCUT2D eigenvalue weighted by Crippen LogP contribution is -2.53. The first kappa shape index (κ1) is 18.3. The van der Waals surface area contributed by atoms with Crippen molar-refractivity contribution in [2.24, 2.45) is 22.7 Å². The van der Waals surface area contributed by atoms with Crippen molar-refractivity contribution in [2.45, 2.75) is 65.7 Å². The number of carboxylic acids is 1. The van der Waals surface area contributed by atoms with Crippen LogP contribution >= 0.6 is 0 Å². The van der Waals surface area contributed by atoms with Gasteiger partial charge < -0.3 is 10.2 Å². The second-order valence-electron chi connectivity index (χ2n) is 8.16. The Morgan fingerprint density at radius 2 is 2.09 bits per heavy atom. The van der Waals surface area contributed by atoms with Crippen LogP contribution in [0.1, 0.15) is 65.7 Å². The average molecular weight is 320 g/mol. The third-order valence-electron chi connectivity index (χ3n) is 6.78. The van der Waals surface area contributed by atoms with Crippen molar-refractivity contribution in [2.75, 3.05) is 6.61 Å². The minimum Gasteiger partial charge on any atom is -0.481 e. The molecule has 0 aliphatic heterocycles. The molecule has 23 heavy (non-hydrogen) atoms. The van der Waals surface area contributed by atoms with Crippen molar-refractivity contribution in [3.63, 3.8) is 0 Å². The number of fused-ring (bicyclic) bond motifs is 1. The van der Waals surface area contributed by atoms with Crippen molar-refractivity contribution in [3.8, 4) is 0 Å². The first-order valence-corrected chi connectivity index (χ1v) is 8.93. The largest absolute Gasteiger partial charge is 0.481 e. The van der Waals surface area contributed by atoms with Crippen molar-refractivity contribution < 1.29 is 15.0 Å². The van der Waals surface area contributed by atoms with Gasteiger partial charge in [0.2, 0.25) is 0 Å². The van der Waals surface area contributed by atoms with Gasteiger partial charge >= 0.3 is 5.97 Å². The van der Waals surface area contributed by atoms with Crippen LogP contribution in [0, 0.1) is 22.7 Å². The molecule has 0 unspecified atom stereocenters. The van der Waals surface area contributed by atoms with Crippen molar-refractivity contribution in [1.29, 1.82) is 0 Å². The van der Waals surface area contributed by atoms with E-state index < -0.39 is 11.4 Å². The van der Waals surface area contributed by atoms with Crippen LogP contribution in [0.4, 0.5) is 0 Å². The van der Waals surface area contributed by atoms with Crippen LogP contribution in [0.15, 0.2) is 23.8 Å². The van der Waals surface area contributed by atoms with Crippen molar-refractivity contribution in [3.05, 3.63) is 23.8 Å². The Morgan fingerprint density at radius 1 is 1.39 bits per heavy atom. The van der Waals surface area contributed by atoms with Crippen molar-refractivity contribution in [1.82, 2.24) is 0 Å². The molecule has 4 atom stereocenters. The molecule has 2 fully saturated rings. The van der Waals surface area contributed by atoms with Gasteiger partial charge in [-0.25, -0.2) is 0 Å². The van der Waals surface area contributed by atoms with Gasteiger partial charge in [-0.05, 0) is 69.6 Å². The number of aliphatic carboxylic acids is 1. The minimum absolute atomic E-state index is 0.0419. The van der Waals surface area contributed by atoms with Gasteiger partial charge in [0, 0.05) is 0 Å². The molecule has 2 saturated carbocycles. The van der Waals surface area contributed by atoms with E-state index in [1.807, 2.05) is 13.0 Å². The van der Waals surface area contributed by atoms with Gasteiger partial charge in [0.05, 0.1) is 12.0 Å². The summed E-state index contributed by atoms with van der Waals surface area (Å²) >= 11 is 0. The molecule has 2 rings (SSSR count). The van der Waals surface area contributed by atoms with Gasteiger partial charge in [-0.2, -0.15) is 0 Å². The molecule has 0 saturated heterocycles. The lowest BCUT2D eigenvalue weighted by Gasteiger charge is -2.57. The summed E-state index contributed by atoms with van der Waals surface area (Å²) in [6.07, 6.45) is 8.65. The third-order valence-corrected chi connectivity index (χ3v) is 6.78.